The first-order chi connectivity index (χ1) is 13.4. The first-order valence-corrected chi connectivity index (χ1v) is 8.81. The monoisotopic (exact) mass is 390 g/mol. The lowest BCUT2D eigenvalue weighted by Gasteiger charge is -2.34. The number of alkyl halides is 3. The van der Waals surface area contributed by atoms with Crippen LogP contribution in [0.1, 0.15) is 18.4 Å². The third kappa shape index (κ3) is 3.49. The van der Waals surface area contributed by atoms with E-state index in [1.807, 2.05) is 0 Å². The number of aromatic nitrogens is 4. The van der Waals surface area contributed by atoms with Crippen molar-refractivity contribution in [2.45, 2.75) is 19.0 Å². The van der Waals surface area contributed by atoms with Crippen molar-refractivity contribution in [3.63, 3.8) is 0 Å². The van der Waals surface area contributed by atoms with Crippen LogP contribution in [0.4, 0.5) is 24.9 Å². The van der Waals surface area contributed by atoms with Gasteiger partial charge in [0, 0.05) is 25.5 Å². The van der Waals surface area contributed by atoms with Crippen LogP contribution in [0, 0.1) is 5.92 Å². The van der Waals surface area contributed by atoms with Gasteiger partial charge in [0.2, 0.25) is 11.9 Å². The maximum absolute atomic E-state index is 13.3. The van der Waals surface area contributed by atoms with Crippen LogP contribution in [0.2, 0.25) is 0 Å². The van der Waals surface area contributed by atoms with E-state index < -0.39 is 17.7 Å². The molecule has 3 aromatic rings. The number of hydrogen-bond donors (Lipinski definition) is 1. The van der Waals surface area contributed by atoms with E-state index in [9.17, 15) is 18.0 Å². The number of amides is 1. The molecule has 0 spiro atoms. The van der Waals surface area contributed by atoms with Gasteiger partial charge in [-0.2, -0.15) is 13.2 Å². The van der Waals surface area contributed by atoms with Crippen LogP contribution in [0.15, 0.2) is 42.7 Å². The second-order valence-corrected chi connectivity index (χ2v) is 6.60. The fraction of sp³-hybridized carbons (Fsp3) is 0.333. The average molecular weight is 390 g/mol. The summed E-state index contributed by atoms with van der Waals surface area (Å²) in [5.41, 5.74) is -0.203. The second kappa shape index (κ2) is 7.10. The Morgan fingerprint density at radius 3 is 2.86 bits per heavy atom. The fourth-order valence-corrected chi connectivity index (χ4v) is 3.39. The first-order valence-electron chi connectivity index (χ1n) is 8.81. The van der Waals surface area contributed by atoms with E-state index in [0.717, 1.165) is 6.07 Å². The Kier molecular flexibility index (Phi) is 4.62. The van der Waals surface area contributed by atoms with E-state index in [0.29, 0.717) is 25.0 Å². The predicted molar refractivity (Wildman–Crippen MR) is 95.8 cm³/mol. The smallest absolute Gasteiger partial charge is 0.355 e. The lowest BCUT2D eigenvalue weighted by Crippen LogP contribution is -2.42. The molecule has 3 aromatic heterocycles. The molecule has 1 aliphatic rings. The van der Waals surface area contributed by atoms with E-state index >= 15 is 0 Å². The lowest BCUT2D eigenvalue weighted by molar-refractivity contribution is -0.137. The number of anilines is 2. The topological polar surface area (TPSA) is 75.4 Å². The molecule has 7 nitrogen and oxygen atoms in total. The van der Waals surface area contributed by atoms with Gasteiger partial charge in [-0.1, -0.05) is 6.07 Å². The standard InChI is InChI=1S/C18H17F3N6O/c19-18(20,21)13-6-3-8-22-15(13)26-9-4-5-12(11-26)16(28)23-17-25-24-14-7-1-2-10-27(14)17/h1-3,6-8,10,12H,4-5,9,11H2,(H,23,25,28). The molecule has 1 unspecified atom stereocenters. The highest BCUT2D eigenvalue weighted by Gasteiger charge is 2.37. The molecule has 0 aliphatic carbocycles. The Balaban J connectivity index is 1.52. The van der Waals surface area contributed by atoms with Crippen LogP contribution in [0.3, 0.4) is 0 Å². The van der Waals surface area contributed by atoms with Gasteiger partial charge in [-0.3, -0.25) is 14.5 Å². The SMILES string of the molecule is O=C(Nc1nnc2ccccn12)C1CCCN(c2ncccc2C(F)(F)F)C1. The van der Waals surface area contributed by atoms with Crippen LogP contribution in [0.5, 0.6) is 0 Å². The van der Waals surface area contributed by atoms with Crippen molar-refractivity contribution in [3.8, 4) is 0 Å². The van der Waals surface area contributed by atoms with Crippen molar-refractivity contribution in [3.05, 3.63) is 48.3 Å². The molecule has 10 heteroatoms. The zero-order chi connectivity index (χ0) is 19.7. The molecule has 1 N–H and O–H groups in total. The molecule has 1 atom stereocenters. The highest BCUT2D eigenvalue weighted by atomic mass is 19.4. The van der Waals surface area contributed by atoms with Crippen molar-refractivity contribution in [2.75, 3.05) is 23.3 Å². The molecule has 1 fully saturated rings. The normalized spacial score (nSPS) is 17.7. The number of rotatable bonds is 3. The van der Waals surface area contributed by atoms with Gasteiger partial charge in [-0.15, -0.1) is 10.2 Å². The van der Waals surface area contributed by atoms with Crippen LogP contribution in [0.25, 0.3) is 5.65 Å². The summed E-state index contributed by atoms with van der Waals surface area (Å²) in [6, 6.07) is 7.61. The molecule has 0 bridgehead atoms. The predicted octanol–water partition coefficient (Wildman–Crippen LogP) is 3.00. The molecule has 4 heterocycles. The molecular weight excluding hydrogens is 373 g/mol. The van der Waals surface area contributed by atoms with Crippen molar-refractivity contribution >= 4 is 23.3 Å². The summed E-state index contributed by atoms with van der Waals surface area (Å²) in [5.74, 6) is -0.632. The third-order valence-electron chi connectivity index (χ3n) is 4.73. The average Bonchev–Trinajstić information content (AvgIpc) is 3.10. The molecule has 0 saturated carbocycles. The maximum Gasteiger partial charge on any atom is 0.419 e. The van der Waals surface area contributed by atoms with Crippen molar-refractivity contribution in [2.24, 2.45) is 5.92 Å². The number of nitrogens with one attached hydrogen (secondary N) is 1. The first kappa shape index (κ1) is 18.2. The summed E-state index contributed by atoms with van der Waals surface area (Å²) in [6.45, 7) is 0.570. The Morgan fingerprint density at radius 2 is 2.04 bits per heavy atom. The van der Waals surface area contributed by atoms with Crippen molar-refractivity contribution in [1.29, 1.82) is 0 Å². The van der Waals surface area contributed by atoms with Crippen LogP contribution >= 0.6 is 0 Å². The van der Waals surface area contributed by atoms with Gasteiger partial charge in [-0.05, 0) is 37.1 Å². The molecular formula is C18H17F3N6O. The number of carbonyl (C=O) groups excluding carboxylic acids is 1. The number of pyridine rings is 2. The largest absolute Gasteiger partial charge is 0.419 e. The van der Waals surface area contributed by atoms with E-state index in [1.165, 1.54) is 17.2 Å². The van der Waals surface area contributed by atoms with E-state index in [4.69, 9.17) is 0 Å². The number of nitrogens with zero attached hydrogens (tertiary/aromatic N) is 5. The minimum atomic E-state index is -4.50. The zero-order valence-electron chi connectivity index (χ0n) is 14.7. The van der Waals surface area contributed by atoms with E-state index in [-0.39, 0.29) is 24.2 Å². The molecule has 0 aromatic carbocycles. The number of carbonyl (C=O) groups is 1. The summed E-state index contributed by atoms with van der Waals surface area (Å²) in [4.78, 5) is 18.2. The molecule has 28 heavy (non-hydrogen) atoms. The van der Waals surface area contributed by atoms with E-state index in [1.54, 1.807) is 28.8 Å². The molecule has 1 aliphatic heterocycles. The van der Waals surface area contributed by atoms with Gasteiger partial charge in [0.1, 0.15) is 5.82 Å². The second-order valence-electron chi connectivity index (χ2n) is 6.60. The number of halogens is 3. The van der Waals surface area contributed by atoms with Crippen LogP contribution < -0.4 is 10.2 Å². The Hall–Kier alpha value is -3.17. The fourth-order valence-electron chi connectivity index (χ4n) is 3.39. The third-order valence-corrected chi connectivity index (χ3v) is 4.73. The highest BCUT2D eigenvalue weighted by molar-refractivity contribution is 5.91. The maximum atomic E-state index is 13.3. The van der Waals surface area contributed by atoms with Gasteiger partial charge in [-0.25, -0.2) is 4.98 Å². The number of piperidine rings is 1. The minimum absolute atomic E-state index is 0.138. The molecule has 1 amide bonds. The number of fused-ring (bicyclic) bond motifs is 1. The Labute approximate surface area is 158 Å². The van der Waals surface area contributed by atoms with Gasteiger partial charge >= 0.3 is 6.18 Å². The zero-order valence-corrected chi connectivity index (χ0v) is 14.7. The summed E-state index contributed by atoms with van der Waals surface area (Å²) >= 11 is 0. The Bertz CT molecular complexity index is 1000. The molecule has 1 saturated heterocycles. The quantitative estimate of drug-likeness (QED) is 0.744. The van der Waals surface area contributed by atoms with Gasteiger partial charge in [0.25, 0.3) is 0 Å². The summed E-state index contributed by atoms with van der Waals surface area (Å²) in [7, 11) is 0. The summed E-state index contributed by atoms with van der Waals surface area (Å²) < 4.78 is 41.5. The molecule has 146 valence electrons. The summed E-state index contributed by atoms with van der Waals surface area (Å²) in [5, 5.41) is 10.7. The van der Waals surface area contributed by atoms with Crippen molar-refractivity contribution in [1.82, 2.24) is 19.6 Å². The van der Waals surface area contributed by atoms with Gasteiger partial charge in [0.05, 0.1) is 11.5 Å². The lowest BCUT2D eigenvalue weighted by atomic mass is 9.96. The van der Waals surface area contributed by atoms with E-state index in [2.05, 4.69) is 20.5 Å². The van der Waals surface area contributed by atoms with Gasteiger partial charge < -0.3 is 4.90 Å². The molecule has 0 radical (unpaired) electrons. The highest BCUT2D eigenvalue weighted by Crippen LogP contribution is 2.36. The summed E-state index contributed by atoms with van der Waals surface area (Å²) in [6.07, 6.45) is -0.281. The van der Waals surface area contributed by atoms with Gasteiger partial charge in [0.15, 0.2) is 5.65 Å². The van der Waals surface area contributed by atoms with Crippen LogP contribution in [-0.2, 0) is 11.0 Å². The van der Waals surface area contributed by atoms with Crippen molar-refractivity contribution < 1.29 is 18.0 Å². The Morgan fingerprint density at radius 1 is 1.18 bits per heavy atom. The van der Waals surface area contributed by atoms with Crippen LogP contribution in [-0.4, -0.2) is 38.6 Å². The number of hydrogen-bond acceptors (Lipinski definition) is 5. The minimum Gasteiger partial charge on any atom is -0.355 e. The molecule has 4 rings (SSSR count).